The molecule has 5 heteroatoms. The van der Waals surface area contributed by atoms with Crippen LogP contribution in [0.15, 0.2) is 60.0 Å². The molecule has 3 aromatic rings. The summed E-state index contributed by atoms with van der Waals surface area (Å²) in [4.78, 5) is 25.7. The summed E-state index contributed by atoms with van der Waals surface area (Å²) in [6, 6.07) is 16.7. The Bertz CT molecular complexity index is 977. The minimum atomic E-state index is -0.219. The molecule has 0 aliphatic carbocycles. The third-order valence-corrected chi connectivity index (χ3v) is 5.21. The molecule has 2 N–H and O–H groups in total. The van der Waals surface area contributed by atoms with E-state index in [0.717, 1.165) is 23.2 Å². The van der Waals surface area contributed by atoms with Gasteiger partial charge < -0.3 is 10.6 Å². The number of carbonyl (C=O) groups is 2. The number of amides is 2. The molecule has 0 bridgehead atoms. The van der Waals surface area contributed by atoms with Crippen molar-refractivity contribution in [2.24, 2.45) is 5.92 Å². The molecule has 2 aromatic carbocycles. The molecule has 0 aliphatic heterocycles. The van der Waals surface area contributed by atoms with Crippen LogP contribution in [-0.2, 0) is 6.42 Å². The lowest BCUT2D eigenvalue weighted by Gasteiger charge is -2.11. The molecule has 0 saturated carbocycles. The molecule has 0 spiro atoms. The summed E-state index contributed by atoms with van der Waals surface area (Å²) in [6.45, 7) is 6.21. The van der Waals surface area contributed by atoms with Crippen molar-refractivity contribution in [1.29, 1.82) is 0 Å². The Hall–Kier alpha value is -2.92. The highest BCUT2D eigenvalue weighted by atomic mass is 32.1. The predicted octanol–water partition coefficient (Wildman–Crippen LogP) is 5.76. The Morgan fingerprint density at radius 2 is 1.71 bits per heavy atom. The second-order valence-corrected chi connectivity index (χ2v) is 8.09. The van der Waals surface area contributed by atoms with Crippen molar-refractivity contribution in [3.8, 4) is 0 Å². The molecule has 1 heterocycles. The van der Waals surface area contributed by atoms with Crippen LogP contribution in [0, 0.1) is 12.8 Å². The highest BCUT2D eigenvalue weighted by Crippen LogP contribution is 2.31. The van der Waals surface area contributed by atoms with Gasteiger partial charge in [0.1, 0.15) is 5.00 Å². The summed E-state index contributed by atoms with van der Waals surface area (Å²) in [6.07, 6.45) is 0.772. The van der Waals surface area contributed by atoms with Gasteiger partial charge in [0.2, 0.25) is 0 Å². The van der Waals surface area contributed by atoms with E-state index in [4.69, 9.17) is 0 Å². The highest BCUT2D eigenvalue weighted by Gasteiger charge is 2.21. The quantitative estimate of drug-likeness (QED) is 0.560. The molecular formula is C23H24N2O2S. The summed E-state index contributed by atoms with van der Waals surface area (Å²) in [7, 11) is 0. The van der Waals surface area contributed by atoms with Crippen molar-refractivity contribution >= 4 is 33.8 Å². The smallest absolute Gasteiger partial charge is 0.258 e. The summed E-state index contributed by atoms with van der Waals surface area (Å²) >= 11 is 1.39. The zero-order valence-electron chi connectivity index (χ0n) is 16.3. The van der Waals surface area contributed by atoms with Crippen molar-refractivity contribution in [3.63, 3.8) is 0 Å². The average Bonchev–Trinajstić information content (AvgIpc) is 3.04. The molecule has 144 valence electrons. The molecule has 0 aliphatic rings. The van der Waals surface area contributed by atoms with Crippen LogP contribution < -0.4 is 10.6 Å². The molecule has 0 saturated heterocycles. The Morgan fingerprint density at radius 1 is 0.964 bits per heavy atom. The van der Waals surface area contributed by atoms with E-state index < -0.39 is 0 Å². The van der Waals surface area contributed by atoms with Crippen molar-refractivity contribution < 1.29 is 9.59 Å². The first-order chi connectivity index (χ1) is 13.4. The van der Waals surface area contributed by atoms with E-state index in [1.165, 1.54) is 11.3 Å². The fraction of sp³-hybridized carbons (Fsp3) is 0.217. The zero-order chi connectivity index (χ0) is 20.1. The monoisotopic (exact) mass is 392 g/mol. The van der Waals surface area contributed by atoms with Crippen molar-refractivity contribution in [2.45, 2.75) is 27.2 Å². The molecule has 3 rings (SSSR count). The average molecular weight is 393 g/mol. The third-order valence-electron chi connectivity index (χ3n) is 4.26. The Labute approximate surface area is 169 Å². The number of carbonyl (C=O) groups excluding carboxylic acids is 2. The van der Waals surface area contributed by atoms with Crippen molar-refractivity contribution in [1.82, 2.24) is 0 Å². The van der Waals surface area contributed by atoms with E-state index in [2.05, 4.69) is 24.5 Å². The topological polar surface area (TPSA) is 58.2 Å². The molecule has 4 nitrogen and oxygen atoms in total. The second-order valence-electron chi connectivity index (χ2n) is 7.21. The maximum atomic E-state index is 13.1. The van der Waals surface area contributed by atoms with Gasteiger partial charge in [-0.1, -0.05) is 44.2 Å². The van der Waals surface area contributed by atoms with Gasteiger partial charge in [0.05, 0.1) is 5.56 Å². The number of aryl methyl sites for hydroxylation is 1. The first-order valence-electron chi connectivity index (χ1n) is 9.29. The molecule has 0 atom stereocenters. The van der Waals surface area contributed by atoms with Gasteiger partial charge in [0, 0.05) is 11.3 Å². The van der Waals surface area contributed by atoms with E-state index in [1.807, 2.05) is 54.8 Å². The molecular weight excluding hydrogens is 368 g/mol. The van der Waals surface area contributed by atoms with Crippen LogP contribution in [0.4, 0.5) is 10.7 Å². The van der Waals surface area contributed by atoms with E-state index in [1.54, 1.807) is 12.1 Å². The maximum Gasteiger partial charge on any atom is 0.258 e. The Morgan fingerprint density at radius 3 is 2.39 bits per heavy atom. The van der Waals surface area contributed by atoms with Gasteiger partial charge in [0.15, 0.2) is 0 Å². The van der Waals surface area contributed by atoms with Crippen LogP contribution in [-0.4, -0.2) is 11.8 Å². The molecule has 0 fully saturated rings. The number of hydrogen-bond donors (Lipinski definition) is 2. The van der Waals surface area contributed by atoms with Gasteiger partial charge in [-0.3, -0.25) is 9.59 Å². The largest absolute Gasteiger partial charge is 0.322 e. The number of nitrogens with one attached hydrogen (secondary N) is 2. The lowest BCUT2D eigenvalue weighted by Crippen LogP contribution is -2.18. The van der Waals surface area contributed by atoms with Crippen molar-refractivity contribution in [2.75, 3.05) is 10.6 Å². The highest BCUT2D eigenvalue weighted by molar-refractivity contribution is 7.15. The van der Waals surface area contributed by atoms with Crippen LogP contribution in [0.2, 0.25) is 0 Å². The third kappa shape index (κ3) is 4.87. The molecule has 28 heavy (non-hydrogen) atoms. The molecule has 0 radical (unpaired) electrons. The van der Waals surface area contributed by atoms with E-state index >= 15 is 0 Å². The van der Waals surface area contributed by atoms with Gasteiger partial charge in [-0.15, -0.1) is 11.3 Å². The normalized spacial score (nSPS) is 10.7. The fourth-order valence-electron chi connectivity index (χ4n) is 3.01. The van der Waals surface area contributed by atoms with E-state index in [0.29, 0.717) is 22.0 Å². The van der Waals surface area contributed by atoms with Gasteiger partial charge in [0.25, 0.3) is 11.8 Å². The van der Waals surface area contributed by atoms with Crippen molar-refractivity contribution in [3.05, 3.63) is 82.2 Å². The van der Waals surface area contributed by atoms with Crippen LogP contribution >= 0.6 is 11.3 Å². The van der Waals surface area contributed by atoms with E-state index in [-0.39, 0.29) is 11.8 Å². The predicted molar refractivity (Wildman–Crippen MR) is 116 cm³/mol. The van der Waals surface area contributed by atoms with Gasteiger partial charge in [-0.25, -0.2) is 0 Å². The number of hydrogen-bond acceptors (Lipinski definition) is 3. The van der Waals surface area contributed by atoms with Crippen LogP contribution in [0.25, 0.3) is 0 Å². The maximum absolute atomic E-state index is 13.1. The van der Waals surface area contributed by atoms with E-state index in [9.17, 15) is 9.59 Å². The zero-order valence-corrected chi connectivity index (χ0v) is 17.1. The van der Waals surface area contributed by atoms with Crippen LogP contribution in [0.3, 0.4) is 0 Å². The number of benzene rings is 2. The standard InChI is InChI=1S/C23H24N2O2S/c1-15(2)12-18-14-28-23(25-21(26)17-9-5-4-6-10-17)20(18)22(27)24-19-11-7-8-16(3)13-19/h4-11,13-15H,12H2,1-3H3,(H,24,27)(H,25,26). The molecule has 2 amide bonds. The lowest BCUT2D eigenvalue weighted by atomic mass is 10.0. The van der Waals surface area contributed by atoms with Gasteiger partial charge in [-0.05, 0) is 60.0 Å². The summed E-state index contributed by atoms with van der Waals surface area (Å²) < 4.78 is 0. The summed E-state index contributed by atoms with van der Waals surface area (Å²) in [5, 5.41) is 8.43. The molecule has 1 aromatic heterocycles. The summed E-state index contributed by atoms with van der Waals surface area (Å²) in [5.74, 6) is -0.0215. The number of rotatable bonds is 6. The van der Waals surface area contributed by atoms with Gasteiger partial charge >= 0.3 is 0 Å². The molecule has 0 unspecified atom stereocenters. The minimum absolute atomic E-state index is 0.203. The minimum Gasteiger partial charge on any atom is -0.322 e. The fourth-order valence-corrected chi connectivity index (χ4v) is 3.97. The van der Waals surface area contributed by atoms with Crippen LogP contribution in [0.5, 0.6) is 0 Å². The second kappa shape index (κ2) is 8.85. The first-order valence-corrected chi connectivity index (χ1v) is 10.2. The van der Waals surface area contributed by atoms with Gasteiger partial charge in [-0.2, -0.15) is 0 Å². The number of thiophene rings is 1. The number of anilines is 2. The Balaban J connectivity index is 1.89. The lowest BCUT2D eigenvalue weighted by molar-refractivity contribution is 0.102. The SMILES string of the molecule is Cc1cccc(NC(=O)c2c(CC(C)C)csc2NC(=O)c2ccccc2)c1. The first kappa shape index (κ1) is 19.8. The Kier molecular flexibility index (Phi) is 6.26. The summed E-state index contributed by atoms with van der Waals surface area (Å²) in [5.41, 5.74) is 3.87. The van der Waals surface area contributed by atoms with Crippen LogP contribution in [0.1, 0.15) is 45.7 Å².